The molecule has 2 aromatic carbocycles. The summed E-state index contributed by atoms with van der Waals surface area (Å²) in [5.41, 5.74) is 4.40. The summed E-state index contributed by atoms with van der Waals surface area (Å²) in [6.07, 6.45) is 4.55. The standard InChI is InChI=1S/C24H22FN3O2/c1-17-3-2-14-28-15-21(27-23(17)28)16-30-22-10-6-19(7-11-22)24(29)26-13-12-18-4-8-20(25)9-5-18/h2-11,14-15H,12-13,16H2,1H3,(H,26,29). The number of fused-ring (bicyclic) bond motifs is 1. The number of imidazole rings is 1. The van der Waals surface area contributed by atoms with Gasteiger partial charge >= 0.3 is 0 Å². The zero-order chi connectivity index (χ0) is 20.9. The van der Waals surface area contributed by atoms with Crippen molar-refractivity contribution >= 4 is 11.6 Å². The number of hydrogen-bond acceptors (Lipinski definition) is 3. The predicted molar refractivity (Wildman–Crippen MR) is 113 cm³/mol. The molecule has 0 fully saturated rings. The Morgan fingerprint density at radius 2 is 1.87 bits per heavy atom. The molecule has 0 saturated heterocycles. The summed E-state index contributed by atoms with van der Waals surface area (Å²) in [5.74, 6) is 0.257. The highest BCUT2D eigenvalue weighted by molar-refractivity contribution is 5.94. The molecule has 0 atom stereocenters. The van der Waals surface area contributed by atoms with E-state index in [1.54, 1.807) is 36.4 Å². The topological polar surface area (TPSA) is 55.6 Å². The van der Waals surface area contributed by atoms with Crippen LogP contribution in [0.1, 0.15) is 27.2 Å². The minimum absolute atomic E-state index is 0.153. The zero-order valence-corrected chi connectivity index (χ0v) is 16.6. The van der Waals surface area contributed by atoms with Gasteiger partial charge in [0.1, 0.15) is 23.8 Å². The highest BCUT2D eigenvalue weighted by Gasteiger charge is 2.07. The number of ether oxygens (including phenoxy) is 1. The molecule has 152 valence electrons. The Hall–Kier alpha value is -3.67. The molecule has 6 heteroatoms. The summed E-state index contributed by atoms with van der Waals surface area (Å²) in [6, 6.07) is 17.3. The number of nitrogens with zero attached hydrogens (tertiary/aromatic N) is 2. The van der Waals surface area contributed by atoms with Crippen LogP contribution in [0.15, 0.2) is 73.1 Å². The minimum Gasteiger partial charge on any atom is -0.487 e. The molecular weight excluding hydrogens is 381 g/mol. The van der Waals surface area contributed by atoms with Gasteiger partial charge in [0.05, 0.1) is 5.69 Å². The van der Waals surface area contributed by atoms with Crippen LogP contribution in [0, 0.1) is 12.7 Å². The minimum atomic E-state index is -0.263. The quantitative estimate of drug-likeness (QED) is 0.500. The lowest BCUT2D eigenvalue weighted by molar-refractivity contribution is 0.0954. The summed E-state index contributed by atoms with van der Waals surface area (Å²) in [6.45, 7) is 2.86. The third-order valence-electron chi connectivity index (χ3n) is 4.84. The summed E-state index contributed by atoms with van der Waals surface area (Å²) in [5, 5.41) is 2.87. The number of amides is 1. The maximum atomic E-state index is 12.9. The van der Waals surface area contributed by atoms with Gasteiger partial charge in [-0.1, -0.05) is 18.2 Å². The number of nitrogens with one attached hydrogen (secondary N) is 1. The van der Waals surface area contributed by atoms with Crippen LogP contribution in [0.3, 0.4) is 0 Å². The van der Waals surface area contributed by atoms with Crippen molar-refractivity contribution in [2.75, 3.05) is 6.54 Å². The molecule has 5 nitrogen and oxygen atoms in total. The molecule has 0 spiro atoms. The Morgan fingerprint density at radius 1 is 1.10 bits per heavy atom. The first-order chi connectivity index (χ1) is 14.6. The fourth-order valence-corrected chi connectivity index (χ4v) is 3.21. The van der Waals surface area contributed by atoms with Crippen molar-refractivity contribution in [1.29, 1.82) is 0 Å². The second-order valence-corrected chi connectivity index (χ2v) is 7.10. The van der Waals surface area contributed by atoms with Crippen LogP contribution < -0.4 is 10.1 Å². The molecule has 1 amide bonds. The molecule has 0 saturated carbocycles. The first-order valence-electron chi connectivity index (χ1n) is 9.77. The van der Waals surface area contributed by atoms with Gasteiger partial charge in [0.15, 0.2) is 0 Å². The second-order valence-electron chi connectivity index (χ2n) is 7.10. The van der Waals surface area contributed by atoms with Gasteiger partial charge in [0, 0.05) is 24.5 Å². The average molecular weight is 403 g/mol. The lowest BCUT2D eigenvalue weighted by atomic mass is 10.1. The number of aromatic nitrogens is 2. The lowest BCUT2D eigenvalue weighted by Gasteiger charge is -2.07. The highest BCUT2D eigenvalue weighted by Crippen LogP contribution is 2.16. The van der Waals surface area contributed by atoms with Gasteiger partial charge in [-0.15, -0.1) is 0 Å². The third kappa shape index (κ3) is 4.66. The van der Waals surface area contributed by atoms with Crippen molar-refractivity contribution in [2.45, 2.75) is 20.0 Å². The van der Waals surface area contributed by atoms with Crippen molar-refractivity contribution in [1.82, 2.24) is 14.7 Å². The van der Waals surface area contributed by atoms with E-state index < -0.39 is 0 Å². The maximum absolute atomic E-state index is 12.9. The zero-order valence-electron chi connectivity index (χ0n) is 16.6. The molecule has 0 unspecified atom stereocenters. The van der Waals surface area contributed by atoms with E-state index in [9.17, 15) is 9.18 Å². The van der Waals surface area contributed by atoms with Gasteiger partial charge in [0.25, 0.3) is 5.91 Å². The number of carbonyl (C=O) groups is 1. The average Bonchev–Trinajstić information content (AvgIpc) is 3.19. The summed E-state index contributed by atoms with van der Waals surface area (Å²) in [7, 11) is 0. The lowest BCUT2D eigenvalue weighted by Crippen LogP contribution is -2.25. The number of rotatable bonds is 7. The van der Waals surface area contributed by atoms with Crippen LogP contribution in [0.5, 0.6) is 5.75 Å². The van der Waals surface area contributed by atoms with E-state index in [0.717, 1.165) is 22.5 Å². The van der Waals surface area contributed by atoms with Crippen LogP contribution >= 0.6 is 0 Å². The van der Waals surface area contributed by atoms with Crippen molar-refractivity contribution < 1.29 is 13.9 Å². The number of pyridine rings is 1. The predicted octanol–water partition coefficient (Wildman–Crippen LogP) is 4.33. The number of carbonyl (C=O) groups excluding carboxylic acids is 1. The molecule has 4 aromatic rings. The largest absolute Gasteiger partial charge is 0.487 e. The molecule has 1 N–H and O–H groups in total. The molecule has 4 rings (SSSR count). The maximum Gasteiger partial charge on any atom is 0.251 e. The first-order valence-corrected chi connectivity index (χ1v) is 9.77. The summed E-state index contributed by atoms with van der Waals surface area (Å²) >= 11 is 0. The monoisotopic (exact) mass is 403 g/mol. The molecule has 0 bridgehead atoms. The molecule has 2 aromatic heterocycles. The van der Waals surface area contributed by atoms with Crippen molar-refractivity contribution in [3.8, 4) is 5.75 Å². The van der Waals surface area contributed by atoms with Crippen LogP contribution in [0.4, 0.5) is 4.39 Å². The van der Waals surface area contributed by atoms with E-state index in [-0.39, 0.29) is 11.7 Å². The van der Waals surface area contributed by atoms with E-state index in [1.807, 2.05) is 35.9 Å². The van der Waals surface area contributed by atoms with Crippen molar-refractivity contribution in [2.24, 2.45) is 0 Å². The molecular formula is C24H22FN3O2. The van der Waals surface area contributed by atoms with Crippen molar-refractivity contribution in [3.05, 3.63) is 101 Å². The van der Waals surface area contributed by atoms with Gasteiger partial charge in [-0.3, -0.25) is 4.79 Å². The van der Waals surface area contributed by atoms with Gasteiger partial charge in [-0.05, 0) is 66.9 Å². The Labute approximate surface area is 174 Å². The SMILES string of the molecule is Cc1cccn2cc(COc3ccc(C(=O)NCCc4ccc(F)cc4)cc3)nc12. The number of benzene rings is 2. The molecule has 0 radical (unpaired) electrons. The van der Waals surface area contributed by atoms with E-state index in [0.29, 0.717) is 30.9 Å². The molecule has 0 aliphatic heterocycles. The van der Waals surface area contributed by atoms with Crippen LogP contribution in [0.25, 0.3) is 5.65 Å². The fourth-order valence-electron chi connectivity index (χ4n) is 3.21. The Kier molecular flexibility index (Phi) is 5.75. The normalized spacial score (nSPS) is 10.9. The van der Waals surface area contributed by atoms with Crippen LogP contribution in [-0.4, -0.2) is 21.8 Å². The van der Waals surface area contributed by atoms with E-state index in [2.05, 4.69) is 10.3 Å². The Bertz CT molecular complexity index is 1150. The molecule has 30 heavy (non-hydrogen) atoms. The Morgan fingerprint density at radius 3 is 2.60 bits per heavy atom. The third-order valence-corrected chi connectivity index (χ3v) is 4.84. The Balaban J connectivity index is 1.29. The van der Waals surface area contributed by atoms with Gasteiger partial charge in [0.2, 0.25) is 0 Å². The van der Waals surface area contributed by atoms with Gasteiger partial charge in [-0.2, -0.15) is 0 Å². The van der Waals surface area contributed by atoms with Gasteiger partial charge < -0.3 is 14.5 Å². The number of halogens is 1. The van der Waals surface area contributed by atoms with E-state index in [1.165, 1.54) is 12.1 Å². The van der Waals surface area contributed by atoms with E-state index in [4.69, 9.17) is 4.74 Å². The van der Waals surface area contributed by atoms with Crippen molar-refractivity contribution in [3.63, 3.8) is 0 Å². The second kappa shape index (κ2) is 8.78. The van der Waals surface area contributed by atoms with Crippen LogP contribution in [0.2, 0.25) is 0 Å². The first kappa shape index (κ1) is 19.6. The van der Waals surface area contributed by atoms with E-state index >= 15 is 0 Å². The smallest absolute Gasteiger partial charge is 0.251 e. The van der Waals surface area contributed by atoms with Gasteiger partial charge in [-0.25, -0.2) is 9.37 Å². The number of hydrogen-bond donors (Lipinski definition) is 1. The molecule has 0 aliphatic rings. The number of aryl methyl sites for hydroxylation is 1. The molecule has 0 aliphatic carbocycles. The fraction of sp³-hybridized carbons (Fsp3) is 0.167. The summed E-state index contributed by atoms with van der Waals surface area (Å²) in [4.78, 5) is 16.9. The summed E-state index contributed by atoms with van der Waals surface area (Å²) < 4.78 is 20.7. The van der Waals surface area contributed by atoms with Crippen LogP contribution in [-0.2, 0) is 13.0 Å². The highest BCUT2D eigenvalue weighted by atomic mass is 19.1. The molecule has 2 heterocycles.